The normalized spacial score (nSPS) is 11.5. The Kier molecular flexibility index (Phi) is 5.44. The summed E-state index contributed by atoms with van der Waals surface area (Å²) in [6.07, 6.45) is 2.11. The van der Waals surface area contributed by atoms with Gasteiger partial charge >= 0.3 is 0 Å². The van der Waals surface area contributed by atoms with E-state index in [-0.39, 0.29) is 11.5 Å². The third kappa shape index (κ3) is 3.63. The van der Waals surface area contributed by atoms with Crippen LogP contribution < -0.4 is 5.73 Å². The van der Waals surface area contributed by atoms with E-state index in [0.717, 1.165) is 23.5 Å². The molecular weight excluding hydrogens is 254 g/mol. The summed E-state index contributed by atoms with van der Waals surface area (Å²) in [6.45, 7) is 2.08. The minimum Gasteiger partial charge on any atom is -0.409 e. The molecule has 0 fully saturated rings. The zero-order valence-corrected chi connectivity index (χ0v) is 10.8. The molecule has 0 aliphatic heterocycles. The first-order chi connectivity index (χ1) is 8.60. The zero-order chi connectivity index (χ0) is 13.5. The van der Waals surface area contributed by atoms with Crippen molar-refractivity contribution < 1.29 is 10.1 Å². The summed E-state index contributed by atoms with van der Waals surface area (Å²) in [7, 11) is 0. The number of unbranched alkanes of at least 4 members (excludes halogenated alkanes) is 1. The molecule has 0 aliphatic carbocycles. The summed E-state index contributed by atoms with van der Waals surface area (Å²) in [6, 6.07) is 4.37. The number of nitrogens with two attached hydrogens (primary N) is 1. The zero-order valence-electron chi connectivity index (χ0n) is 10.00. The van der Waals surface area contributed by atoms with Gasteiger partial charge in [-0.3, -0.25) is 10.1 Å². The number of rotatable bonds is 6. The van der Waals surface area contributed by atoms with Crippen LogP contribution in [0, 0.1) is 10.1 Å². The fourth-order valence-corrected chi connectivity index (χ4v) is 2.47. The van der Waals surface area contributed by atoms with Crippen molar-refractivity contribution in [1.82, 2.24) is 0 Å². The molecule has 98 valence electrons. The first kappa shape index (κ1) is 14.3. The van der Waals surface area contributed by atoms with Crippen LogP contribution in [-0.2, 0) is 0 Å². The fraction of sp³-hybridized carbons (Fsp3) is 0.364. The standard InChI is InChI=1S/C11H15N3O3S/c1-2-3-6-18-10-5-4-8(14(16)17)7-9(10)11(12)13-15/h4-5,7,15H,2-3,6H2,1H3,(H2,12,13). The maximum atomic E-state index is 10.7. The highest BCUT2D eigenvalue weighted by Crippen LogP contribution is 2.27. The fourth-order valence-electron chi connectivity index (χ4n) is 1.34. The first-order valence-electron chi connectivity index (χ1n) is 5.49. The Balaban J connectivity index is 3.05. The van der Waals surface area contributed by atoms with E-state index in [1.807, 2.05) is 0 Å². The lowest BCUT2D eigenvalue weighted by Gasteiger charge is -2.07. The SMILES string of the molecule is CCCCSc1ccc([N+](=O)[O-])cc1C(N)=NO. The number of nitro groups is 1. The van der Waals surface area contributed by atoms with Crippen LogP contribution in [0.15, 0.2) is 28.3 Å². The number of hydrogen-bond acceptors (Lipinski definition) is 5. The summed E-state index contributed by atoms with van der Waals surface area (Å²) in [5, 5.41) is 22.3. The molecule has 0 unspecified atom stereocenters. The van der Waals surface area contributed by atoms with E-state index in [1.165, 1.54) is 12.1 Å². The van der Waals surface area contributed by atoms with Gasteiger partial charge in [0, 0.05) is 22.6 Å². The Morgan fingerprint density at radius 3 is 2.89 bits per heavy atom. The van der Waals surface area contributed by atoms with Gasteiger partial charge in [0.2, 0.25) is 0 Å². The van der Waals surface area contributed by atoms with Crippen LogP contribution in [0.4, 0.5) is 5.69 Å². The highest BCUT2D eigenvalue weighted by Gasteiger charge is 2.14. The van der Waals surface area contributed by atoms with Gasteiger partial charge in [-0.1, -0.05) is 18.5 Å². The quantitative estimate of drug-likeness (QED) is 0.157. The number of thioether (sulfide) groups is 1. The number of nitrogens with zero attached hydrogens (tertiary/aromatic N) is 2. The molecule has 1 rings (SSSR count). The number of hydrogen-bond donors (Lipinski definition) is 2. The summed E-state index contributed by atoms with van der Waals surface area (Å²) >= 11 is 1.54. The highest BCUT2D eigenvalue weighted by molar-refractivity contribution is 7.99. The molecule has 3 N–H and O–H groups in total. The number of non-ortho nitro benzene ring substituents is 1. The largest absolute Gasteiger partial charge is 0.409 e. The number of nitro benzene ring substituents is 1. The van der Waals surface area contributed by atoms with E-state index in [2.05, 4.69) is 12.1 Å². The maximum Gasteiger partial charge on any atom is 0.270 e. The van der Waals surface area contributed by atoms with Crippen LogP contribution in [0.1, 0.15) is 25.3 Å². The summed E-state index contributed by atoms with van der Waals surface area (Å²) in [5.74, 6) is 0.776. The van der Waals surface area contributed by atoms with Crippen molar-refractivity contribution >= 4 is 23.3 Å². The predicted octanol–water partition coefficient (Wildman–Crippen LogP) is 2.58. The van der Waals surface area contributed by atoms with Crippen LogP contribution in [-0.4, -0.2) is 21.7 Å². The molecule has 0 saturated carbocycles. The summed E-state index contributed by atoms with van der Waals surface area (Å²) in [5.41, 5.74) is 5.86. The predicted molar refractivity (Wildman–Crippen MR) is 71.2 cm³/mol. The second kappa shape index (κ2) is 6.85. The van der Waals surface area contributed by atoms with Crippen molar-refractivity contribution in [2.45, 2.75) is 24.7 Å². The highest BCUT2D eigenvalue weighted by atomic mass is 32.2. The van der Waals surface area contributed by atoms with Crippen molar-refractivity contribution in [2.75, 3.05) is 5.75 Å². The van der Waals surface area contributed by atoms with Crippen LogP contribution in [0.25, 0.3) is 0 Å². The van der Waals surface area contributed by atoms with Gasteiger partial charge in [-0.2, -0.15) is 0 Å². The van der Waals surface area contributed by atoms with Crippen molar-refractivity contribution in [3.8, 4) is 0 Å². The topological polar surface area (TPSA) is 102 Å². The van der Waals surface area contributed by atoms with Gasteiger partial charge in [0.25, 0.3) is 5.69 Å². The van der Waals surface area contributed by atoms with E-state index in [4.69, 9.17) is 10.9 Å². The molecule has 18 heavy (non-hydrogen) atoms. The minimum absolute atomic E-state index is 0.0727. The molecule has 1 aromatic rings. The summed E-state index contributed by atoms with van der Waals surface area (Å²) in [4.78, 5) is 11.0. The van der Waals surface area contributed by atoms with E-state index >= 15 is 0 Å². The number of amidine groups is 1. The van der Waals surface area contributed by atoms with Crippen molar-refractivity contribution in [1.29, 1.82) is 0 Å². The average molecular weight is 269 g/mol. The second-order valence-electron chi connectivity index (χ2n) is 3.62. The third-order valence-electron chi connectivity index (χ3n) is 2.31. The molecule has 1 aromatic carbocycles. The van der Waals surface area contributed by atoms with Gasteiger partial charge in [-0.05, 0) is 18.2 Å². The van der Waals surface area contributed by atoms with E-state index in [9.17, 15) is 10.1 Å². The van der Waals surface area contributed by atoms with E-state index < -0.39 is 4.92 Å². The van der Waals surface area contributed by atoms with E-state index in [1.54, 1.807) is 17.8 Å². The molecule has 0 bridgehead atoms. The lowest BCUT2D eigenvalue weighted by atomic mass is 10.2. The Hall–Kier alpha value is -1.76. The molecule has 0 amide bonds. The van der Waals surface area contributed by atoms with Gasteiger partial charge in [0.05, 0.1) is 4.92 Å². The van der Waals surface area contributed by atoms with E-state index in [0.29, 0.717) is 5.56 Å². The molecule has 0 aliphatic rings. The Morgan fingerprint density at radius 2 is 2.33 bits per heavy atom. The lowest BCUT2D eigenvalue weighted by molar-refractivity contribution is -0.384. The van der Waals surface area contributed by atoms with Gasteiger partial charge in [-0.15, -0.1) is 11.8 Å². The van der Waals surface area contributed by atoms with Gasteiger partial charge < -0.3 is 10.9 Å². The van der Waals surface area contributed by atoms with Crippen molar-refractivity contribution in [3.05, 3.63) is 33.9 Å². The third-order valence-corrected chi connectivity index (χ3v) is 3.47. The van der Waals surface area contributed by atoms with Crippen LogP contribution in [0.3, 0.4) is 0 Å². The molecule has 6 nitrogen and oxygen atoms in total. The molecule has 7 heteroatoms. The molecule has 0 aromatic heterocycles. The number of oxime groups is 1. The Morgan fingerprint density at radius 1 is 1.61 bits per heavy atom. The van der Waals surface area contributed by atoms with Gasteiger partial charge in [-0.25, -0.2) is 0 Å². The number of benzene rings is 1. The smallest absolute Gasteiger partial charge is 0.270 e. The minimum atomic E-state index is -0.505. The Labute approximate surface area is 109 Å². The van der Waals surface area contributed by atoms with Crippen LogP contribution in [0.5, 0.6) is 0 Å². The molecule has 0 saturated heterocycles. The molecule has 0 spiro atoms. The lowest BCUT2D eigenvalue weighted by Crippen LogP contribution is -2.14. The van der Waals surface area contributed by atoms with Crippen molar-refractivity contribution in [2.24, 2.45) is 10.9 Å². The summed E-state index contributed by atoms with van der Waals surface area (Å²) < 4.78 is 0. The molecule has 0 atom stereocenters. The average Bonchev–Trinajstić information content (AvgIpc) is 2.38. The first-order valence-corrected chi connectivity index (χ1v) is 6.47. The molecule has 0 heterocycles. The Bertz CT molecular complexity index is 463. The monoisotopic (exact) mass is 269 g/mol. The molecular formula is C11H15N3O3S. The second-order valence-corrected chi connectivity index (χ2v) is 4.76. The molecule has 0 radical (unpaired) electrons. The van der Waals surface area contributed by atoms with Crippen LogP contribution >= 0.6 is 11.8 Å². The van der Waals surface area contributed by atoms with Gasteiger partial charge in [0.15, 0.2) is 5.84 Å². The van der Waals surface area contributed by atoms with Crippen LogP contribution in [0.2, 0.25) is 0 Å². The van der Waals surface area contributed by atoms with Gasteiger partial charge in [0.1, 0.15) is 0 Å². The maximum absolute atomic E-state index is 10.7. The van der Waals surface area contributed by atoms with Crippen molar-refractivity contribution in [3.63, 3.8) is 0 Å².